The summed E-state index contributed by atoms with van der Waals surface area (Å²) in [5.41, 5.74) is 2.01. The number of hydrogen-bond acceptors (Lipinski definition) is 5. The van der Waals surface area contributed by atoms with Crippen LogP contribution in [0.3, 0.4) is 0 Å². The average molecular weight is 458 g/mol. The maximum Gasteiger partial charge on any atom is 0.295 e. The highest BCUT2D eigenvalue weighted by molar-refractivity contribution is 6.46. The van der Waals surface area contributed by atoms with Crippen LogP contribution in [0.15, 0.2) is 48.0 Å². The Morgan fingerprint density at radius 2 is 1.94 bits per heavy atom. The van der Waals surface area contributed by atoms with Crippen LogP contribution < -0.4 is 4.74 Å². The topological polar surface area (TPSA) is 76.1 Å². The number of aliphatic hydroxyl groups is 1. The average Bonchev–Trinajstić information content (AvgIpc) is 3.01. The summed E-state index contributed by atoms with van der Waals surface area (Å²) in [4.78, 5) is 27.6. The Morgan fingerprint density at radius 1 is 1.19 bits per heavy atom. The van der Waals surface area contributed by atoms with E-state index in [1.54, 1.807) is 12.1 Å². The minimum absolute atomic E-state index is 0.0194. The Labute approximate surface area is 193 Å². The highest BCUT2D eigenvalue weighted by Crippen LogP contribution is 2.41. The Balaban J connectivity index is 2.11. The van der Waals surface area contributed by atoms with Gasteiger partial charge in [0.2, 0.25) is 0 Å². The zero-order chi connectivity index (χ0) is 23.4. The molecule has 1 N–H and O–H groups in total. The molecule has 1 unspecified atom stereocenters. The number of benzene rings is 2. The number of amides is 1. The predicted octanol–water partition coefficient (Wildman–Crippen LogP) is 4.89. The van der Waals surface area contributed by atoms with Gasteiger partial charge in [-0.05, 0) is 51.0 Å². The van der Waals surface area contributed by atoms with Gasteiger partial charge in [0.05, 0.1) is 30.4 Å². The Kier molecular flexibility index (Phi) is 7.59. The van der Waals surface area contributed by atoms with Crippen molar-refractivity contribution < 1.29 is 24.2 Å². The molecule has 32 heavy (non-hydrogen) atoms. The van der Waals surface area contributed by atoms with Crippen LogP contribution in [0.5, 0.6) is 5.75 Å². The lowest BCUT2D eigenvalue weighted by Gasteiger charge is -2.26. The highest BCUT2D eigenvalue weighted by atomic mass is 35.5. The lowest BCUT2D eigenvalue weighted by atomic mass is 9.94. The van der Waals surface area contributed by atoms with Gasteiger partial charge in [-0.3, -0.25) is 9.59 Å². The number of nitrogens with zero attached hydrogens (tertiary/aromatic N) is 1. The van der Waals surface area contributed by atoms with E-state index in [0.717, 1.165) is 11.1 Å². The van der Waals surface area contributed by atoms with Crippen molar-refractivity contribution in [1.29, 1.82) is 0 Å². The van der Waals surface area contributed by atoms with E-state index in [0.29, 0.717) is 30.3 Å². The summed E-state index contributed by atoms with van der Waals surface area (Å²) < 4.78 is 10.9. The summed E-state index contributed by atoms with van der Waals surface area (Å²) in [7, 11) is 1.46. The molecule has 170 valence electrons. The smallest absolute Gasteiger partial charge is 0.295 e. The number of halogens is 1. The number of methoxy groups -OCH3 is 1. The van der Waals surface area contributed by atoms with Crippen molar-refractivity contribution in [3.63, 3.8) is 0 Å². The second-order valence-electron chi connectivity index (χ2n) is 8.02. The number of ketones is 1. The molecule has 0 radical (unpaired) electrons. The lowest BCUT2D eigenvalue weighted by Crippen LogP contribution is -2.31. The van der Waals surface area contributed by atoms with Gasteiger partial charge >= 0.3 is 0 Å². The highest BCUT2D eigenvalue weighted by Gasteiger charge is 2.46. The molecule has 0 aliphatic carbocycles. The summed E-state index contributed by atoms with van der Waals surface area (Å²) >= 11 is 6.14. The number of likely N-dealkylation sites (tertiary alicyclic amines) is 1. The third kappa shape index (κ3) is 4.97. The van der Waals surface area contributed by atoms with Gasteiger partial charge in [-0.2, -0.15) is 0 Å². The number of rotatable bonds is 8. The molecule has 3 rings (SSSR count). The van der Waals surface area contributed by atoms with Gasteiger partial charge in [0.1, 0.15) is 11.5 Å². The van der Waals surface area contributed by atoms with Crippen LogP contribution in [-0.2, 0) is 14.3 Å². The number of ether oxygens (including phenoxy) is 2. The zero-order valence-corrected chi connectivity index (χ0v) is 19.5. The van der Waals surface area contributed by atoms with Crippen molar-refractivity contribution in [2.75, 3.05) is 20.3 Å². The summed E-state index contributed by atoms with van der Waals surface area (Å²) in [6.45, 7) is 6.60. The summed E-state index contributed by atoms with van der Waals surface area (Å²) in [5.74, 6) is -1.34. The Hall–Kier alpha value is -2.83. The zero-order valence-electron chi connectivity index (χ0n) is 18.7. The van der Waals surface area contributed by atoms with Gasteiger partial charge in [-0.15, -0.1) is 0 Å². The van der Waals surface area contributed by atoms with Crippen LogP contribution in [0, 0.1) is 6.92 Å². The standard InChI is InChI=1S/C25H28ClNO5/c1-15(2)32-12-6-11-27-22(17-8-5-7-16(3)13-17)21(24(29)25(27)30)23(28)19-14-18(26)9-10-20(19)31-4/h5,7-10,13-15,22,28H,6,11-12H2,1-4H3/b23-21+. The molecule has 1 saturated heterocycles. The first-order chi connectivity index (χ1) is 15.2. The van der Waals surface area contributed by atoms with Crippen LogP contribution in [0.2, 0.25) is 5.02 Å². The normalized spacial score (nSPS) is 17.9. The van der Waals surface area contributed by atoms with Gasteiger partial charge in [-0.1, -0.05) is 41.4 Å². The van der Waals surface area contributed by atoms with Gasteiger partial charge in [0, 0.05) is 18.2 Å². The first-order valence-electron chi connectivity index (χ1n) is 10.5. The number of Topliss-reactive ketones (excluding diaryl/α,β-unsaturated/α-hetero) is 1. The fraction of sp³-hybridized carbons (Fsp3) is 0.360. The van der Waals surface area contributed by atoms with Gasteiger partial charge in [0.25, 0.3) is 11.7 Å². The van der Waals surface area contributed by atoms with Crippen LogP contribution in [-0.4, -0.2) is 48.1 Å². The van der Waals surface area contributed by atoms with Gasteiger partial charge < -0.3 is 19.5 Å². The van der Waals surface area contributed by atoms with Crippen molar-refractivity contribution >= 4 is 29.1 Å². The van der Waals surface area contributed by atoms with E-state index in [4.69, 9.17) is 21.1 Å². The quantitative estimate of drug-likeness (QED) is 0.264. The molecule has 1 amide bonds. The second kappa shape index (κ2) is 10.2. The minimum Gasteiger partial charge on any atom is -0.507 e. The van der Waals surface area contributed by atoms with Gasteiger partial charge in [-0.25, -0.2) is 0 Å². The molecule has 1 fully saturated rings. The first kappa shape index (κ1) is 23.8. The molecule has 0 spiro atoms. The van der Waals surface area contributed by atoms with Crippen molar-refractivity contribution in [3.8, 4) is 5.75 Å². The molecule has 2 aromatic rings. The van der Waals surface area contributed by atoms with E-state index in [1.807, 2.05) is 45.0 Å². The van der Waals surface area contributed by atoms with E-state index in [2.05, 4.69) is 0 Å². The fourth-order valence-corrected chi connectivity index (χ4v) is 4.03. The van der Waals surface area contributed by atoms with E-state index in [9.17, 15) is 14.7 Å². The van der Waals surface area contributed by atoms with E-state index in [1.165, 1.54) is 18.1 Å². The maximum absolute atomic E-state index is 13.1. The van der Waals surface area contributed by atoms with E-state index >= 15 is 0 Å². The lowest BCUT2D eigenvalue weighted by molar-refractivity contribution is -0.140. The molecule has 2 aromatic carbocycles. The van der Waals surface area contributed by atoms with Gasteiger partial charge in [0.15, 0.2) is 0 Å². The predicted molar refractivity (Wildman–Crippen MR) is 124 cm³/mol. The minimum atomic E-state index is -0.735. The third-order valence-electron chi connectivity index (χ3n) is 5.31. The van der Waals surface area contributed by atoms with Crippen LogP contribution >= 0.6 is 11.6 Å². The summed E-state index contributed by atoms with van der Waals surface area (Å²) in [5, 5.41) is 11.6. The fourth-order valence-electron chi connectivity index (χ4n) is 3.86. The summed E-state index contributed by atoms with van der Waals surface area (Å²) in [6, 6.07) is 11.6. The molecule has 1 heterocycles. The molecule has 6 nitrogen and oxygen atoms in total. The molecular formula is C25H28ClNO5. The van der Waals surface area contributed by atoms with Crippen molar-refractivity contribution in [2.24, 2.45) is 0 Å². The molecule has 7 heteroatoms. The first-order valence-corrected chi connectivity index (χ1v) is 10.9. The molecule has 0 bridgehead atoms. The van der Waals surface area contributed by atoms with Crippen molar-refractivity contribution in [3.05, 3.63) is 69.8 Å². The van der Waals surface area contributed by atoms with Crippen LogP contribution in [0.25, 0.3) is 5.76 Å². The largest absolute Gasteiger partial charge is 0.507 e. The number of hydrogen-bond donors (Lipinski definition) is 1. The van der Waals surface area contributed by atoms with Crippen molar-refractivity contribution in [2.45, 2.75) is 39.3 Å². The Morgan fingerprint density at radius 3 is 2.59 bits per heavy atom. The molecule has 1 aliphatic heterocycles. The molecular weight excluding hydrogens is 430 g/mol. The molecule has 1 atom stereocenters. The molecule has 0 saturated carbocycles. The van der Waals surface area contributed by atoms with Crippen molar-refractivity contribution in [1.82, 2.24) is 4.90 Å². The second-order valence-corrected chi connectivity index (χ2v) is 8.46. The van der Waals surface area contributed by atoms with E-state index in [-0.39, 0.29) is 23.0 Å². The van der Waals surface area contributed by atoms with Crippen LogP contribution in [0.4, 0.5) is 0 Å². The number of aryl methyl sites for hydroxylation is 1. The SMILES string of the molecule is COc1ccc(Cl)cc1/C(O)=C1\C(=O)C(=O)N(CCCOC(C)C)C1c1cccc(C)c1. The summed E-state index contributed by atoms with van der Waals surface area (Å²) in [6.07, 6.45) is 0.641. The molecule has 0 aromatic heterocycles. The van der Waals surface area contributed by atoms with E-state index < -0.39 is 17.7 Å². The maximum atomic E-state index is 13.1. The Bertz CT molecular complexity index is 1050. The number of carbonyl (C=O) groups excluding carboxylic acids is 2. The number of carbonyl (C=O) groups is 2. The number of aliphatic hydroxyl groups excluding tert-OH is 1. The third-order valence-corrected chi connectivity index (χ3v) is 5.54. The van der Waals surface area contributed by atoms with Crippen LogP contribution in [0.1, 0.15) is 43.0 Å². The monoisotopic (exact) mass is 457 g/mol. The molecule has 1 aliphatic rings.